The first-order valence-corrected chi connectivity index (χ1v) is 7.51. The molecule has 2 fully saturated rings. The normalized spacial score (nSPS) is 25.8. The largest absolute Gasteiger partial charge is 0.375 e. The smallest absolute Gasteiger partial charge is 0.225 e. The molecule has 7 heteroatoms. The Morgan fingerprint density at radius 3 is 2.81 bits per heavy atom. The first kappa shape index (κ1) is 20.9. The Kier molecular flexibility index (Phi) is 10.6. The van der Waals surface area contributed by atoms with Crippen LogP contribution >= 0.6 is 24.8 Å². The molecular weight excluding hydrogens is 313 g/mol. The van der Waals surface area contributed by atoms with Crippen molar-refractivity contribution < 1.29 is 9.53 Å². The lowest BCUT2D eigenvalue weighted by Gasteiger charge is -2.29. The number of likely N-dealkylation sites (N-methyl/N-ethyl adjacent to an activating group) is 2. The number of carbonyl (C=O) groups is 1. The molecule has 2 unspecified atom stereocenters. The highest BCUT2D eigenvalue weighted by Crippen LogP contribution is 2.17. The van der Waals surface area contributed by atoms with Crippen LogP contribution in [0.2, 0.25) is 0 Å². The maximum Gasteiger partial charge on any atom is 0.225 e. The summed E-state index contributed by atoms with van der Waals surface area (Å²) in [5.41, 5.74) is 0. The zero-order valence-corrected chi connectivity index (χ0v) is 14.7. The highest BCUT2D eigenvalue weighted by molar-refractivity contribution is 5.85. The van der Waals surface area contributed by atoms with E-state index in [1.165, 1.54) is 19.4 Å². The minimum Gasteiger partial charge on any atom is -0.375 e. The van der Waals surface area contributed by atoms with Crippen molar-refractivity contribution >= 4 is 30.7 Å². The SMILES string of the molecule is CCN1CCCC1CN(C)C(=O)CC1CNCCO1.Cl.Cl. The molecule has 1 N–H and O–H groups in total. The van der Waals surface area contributed by atoms with Crippen LogP contribution in [0.25, 0.3) is 0 Å². The van der Waals surface area contributed by atoms with Crippen molar-refractivity contribution in [1.29, 1.82) is 0 Å². The van der Waals surface area contributed by atoms with E-state index in [0.717, 1.165) is 26.2 Å². The van der Waals surface area contributed by atoms with Crippen LogP contribution in [0.5, 0.6) is 0 Å². The molecule has 0 aliphatic carbocycles. The molecule has 2 saturated heterocycles. The Balaban J connectivity index is 0.00000200. The molecule has 0 spiro atoms. The molecule has 0 aromatic carbocycles. The van der Waals surface area contributed by atoms with Crippen LogP contribution in [-0.4, -0.2) is 74.2 Å². The maximum absolute atomic E-state index is 12.2. The van der Waals surface area contributed by atoms with Gasteiger partial charge in [0.1, 0.15) is 0 Å². The Labute approximate surface area is 140 Å². The van der Waals surface area contributed by atoms with E-state index in [-0.39, 0.29) is 36.8 Å². The summed E-state index contributed by atoms with van der Waals surface area (Å²) in [5, 5.41) is 3.26. The van der Waals surface area contributed by atoms with Crippen molar-refractivity contribution in [2.75, 3.05) is 46.4 Å². The standard InChI is InChI=1S/C14H27N3O2.2ClH/c1-3-17-7-4-5-12(17)11-16(2)14(18)9-13-10-15-6-8-19-13;;/h12-13,15H,3-11H2,1-2H3;2*1H. The van der Waals surface area contributed by atoms with E-state index in [1.54, 1.807) is 0 Å². The number of amides is 1. The van der Waals surface area contributed by atoms with E-state index in [2.05, 4.69) is 17.1 Å². The van der Waals surface area contributed by atoms with Gasteiger partial charge in [0.25, 0.3) is 0 Å². The van der Waals surface area contributed by atoms with Gasteiger partial charge in [-0.2, -0.15) is 0 Å². The third kappa shape index (κ3) is 6.28. The zero-order valence-electron chi connectivity index (χ0n) is 13.0. The quantitative estimate of drug-likeness (QED) is 0.814. The number of rotatable bonds is 5. The van der Waals surface area contributed by atoms with Gasteiger partial charge in [0.15, 0.2) is 0 Å². The third-order valence-corrected chi connectivity index (χ3v) is 4.22. The Hall–Kier alpha value is -0.0700. The molecule has 2 aliphatic rings. The second-order valence-electron chi connectivity index (χ2n) is 5.60. The van der Waals surface area contributed by atoms with Crippen LogP contribution in [0.1, 0.15) is 26.2 Å². The fourth-order valence-electron chi connectivity index (χ4n) is 3.04. The molecule has 21 heavy (non-hydrogen) atoms. The van der Waals surface area contributed by atoms with E-state index in [0.29, 0.717) is 19.1 Å². The van der Waals surface area contributed by atoms with Crippen LogP contribution < -0.4 is 5.32 Å². The van der Waals surface area contributed by atoms with Crippen molar-refractivity contribution in [2.45, 2.75) is 38.3 Å². The fourth-order valence-corrected chi connectivity index (χ4v) is 3.04. The lowest BCUT2D eigenvalue weighted by atomic mass is 10.1. The molecule has 2 aliphatic heterocycles. The number of morpholine rings is 1. The fraction of sp³-hybridized carbons (Fsp3) is 0.929. The lowest BCUT2D eigenvalue weighted by Crippen LogP contribution is -2.44. The minimum absolute atomic E-state index is 0. The Bertz CT molecular complexity index is 302. The number of nitrogens with zero attached hydrogens (tertiary/aromatic N) is 2. The molecule has 2 heterocycles. The highest BCUT2D eigenvalue weighted by Gasteiger charge is 2.26. The minimum atomic E-state index is 0. The number of ether oxygens (including phenoxy) is 1. The molecule has 2 rings (SSSR count). The summed E-state index contributed by atoms with van der Waals surface area (Å²) in [5.74, 6) is 0.205. The van der Waals surface area contributed by atoms with Gasteiger partial charge < -0.3 is 15.0 Å². The van der Waals surface area contributed by atoms with Crippen LogP contribution in [0, 0.1) is 0 Å². The molecule has 126 valence electrons. The molecule has 5 nitrogen and oxygen atoms in total. The average Bonchev–Trinajstić information content (AvgIpc) is 2.87. The molecule has 0 aromatic rings. The van der Waals surface area contributed by atoms with Gasteiger partial charge in [0, 0.05) is 32.7 Å². The summed E-state index contributed by atoms with van der Waals surface area (Å²) in [6.07, 6.45) is 3.03. The van der Waals surface area contributed by atoms with Crippen molar-refractivity contribution in [3.05, 3.63) is 0 Å². The van der Waals surface area contributed by atoms with Crippen LogP contribution in [0.15, 0.2) is 0 Å². The van der Waals surface area contributed by atoms with Gasteiger partial charge in [-0.1, -0.05) is 6.92 Å². The summed E-state index contributed by atoms with van der Waals surface area (Å²) < 4.78 is 5.59. The van der Waals surface area contributed by atoms with Crippen LogP contribution in [0.3, 0.4) is 0 Å². The molecule has 0 saturated carbocycles. The molecule has 0 aromatic heterocycles. The highest BCUT2D eigenvalue weighted by atomic mass is 35.5. The number of likely N-dealkylation sites (tertiary alicyclic amines) is 1. The van der Waals surface area contributed by atoms with Crippen molar-refractivity contribution in [3.8, 4) is 0 Å². The first-order valence-electron chi connectivity index (χ1n) is 7.51. The number of halogens is 2. The van der Waals surface area contributed by atoms with E-state index in [1.807, 2.05) is 11.9 Å². The predicted octanol–water partition coefficient (Wildman–Crippen LogP) is 1.15. The number of nitrogens with one attached hydrogen (secondary N) is 1. The van der Waals surface area contributed by atoms with E-state index < -0.39 is 0 Å². The van der Waals surface area contributed by atoms with E-state index >= 15 is 0 Å². The molecular formula is C14H29Cl2N3O2. The van der Waals surface area contributed by atoms with Gasteiger partial charge in [0.05, 0.1) is 19.1 Å². The molecule has 0 radical (unpaired) electrons. The van der Waals surface area contributed by atoms with Gasteiger partial charge in [-0.3, -0.25) is 9.69 Å². The number of hydrogen-bond donors (Lipinski definition) is 1. The first-order chi connectivity index (χ1) is 9.20. The van der Waals surface area contributed by atoms with Gasteiger partial charge in [-0.25, -0.2) is 0 Å². The van der Waals surface area contributed by atoms with E-state index in [4.69, 9.17) is 4.74 Å². The maximum atomic E-state index is 12.2. The monoisotopic (exact) mass is 341 g/mol. The van der Waals surface area contributed by atoms with Gasteiger partial charge in [-0.05, 0) is 25.9 Å². The average molecular weight is 342 g/mol. The summed E-state index contributed by atoms with van der Waals surface area (Å²) in [6.45, 7) is 7.72. The zero-order chi connectivity index (χ0) is 13.7. The number of carbonyl (C=O) groups excluding carboxylic acids is 1. The lowest BCUT2D eigenvalue weighted by molar-refractivity contribution is -0.134. The number of hydrogen-bond acceptors (Lipinski definition) is 4. The summed E-state index contributed by atoms with van der Waals surface area (Å²) in [6, 6.07) is 0.546. The predicted molar refractivity (Wildman–Crippen MR) is 89.6 cm³/mol. The Morgan fingerprint density at radius 1 is 1.43 bits per heavy atom. The molecule has 2 atom stereocenters. The van der Waals surface area contributed by atoms with Gasteiger partial charge >= 0.3 is 0 Å². The molecule has 1 amide bonds. The van der Waals surface area contributed by atoms with Gasteiger partial charge in [0.2, 0.25) is 5.91 Å². The summed E-state index contributed by atoms with van der Waals surface area (Å²) >= 11 is 0. The third-order valence-electron chi connectivity index (χ3n) is 4.22. The van der Waals surface area contributed by atoms with E-state index in [9.17, 15) is 4.79 Å². The van der Waals surface area contributed by atoms with Crippen molar-refractivity contribution in [1.82, 2.24) is 15.1 Å². The Morgan fingerprint density at radius 2 is 2.19 bits per heavy atom. The van der Waals surface area contributed by atoms with Crippen LogP contribution in [0.4, 0.5) is 0 Å². The topological polar surface area (TPSA) is 44.8 Å². The van der Waals surface area contributed by atoms with Gasteiger partial charge in [-0.15, -0.1) is 24.8 Å². The summed E-state index contributed by atoms with van der Waals surface area (Å²) in [4.78, 5) is 16.6. The van der Waals surface area contributed by atoms with Crippen molar-refractivity contribution in [2.24, 2.45) is 0 Å². The molecule has 0 bridgehead atoms. The second kappa shape index (κ2) is 10.6. The van der Waals surface area contributed by atoms with Crippen LogP contribution in [-0.2, 0) is 9.53 Å². The summed E-state index contributed by atoms with van der Waals surface area (Å²) in [7, 11) is 1.92. The second-order valence-corrected chi connectivity index (χ2v) is 5.60. The van der Waals surface area contributed by atoms with Crippen molar-refractivity contribution in [3.63, 3.8) is 0 Å².